The van der Waals surface area contributed by atoms with E-state index in [4.69, 9.17) is 4.18 Å². The van der Waals surface area contributed by atoms with Crippen molar-refractivity contribution >= 4 is 15.9 Å². The lowest BCUT2D eigenvalue weighted by Crippen LogP contribution is -2.23. The van der Waals surface area contributed by atoms with E-state index < -0.39 is 16.2 Å². The molecule has 0 amide bonds. The maximum absolute atomic E-state index is 11.8. The van der Waals surface area contributed by atoms with Crippen molar-refractivity contribution < 1.29 is 17.4 Å². The summed E-state index contributed by atoms with van der Waals surface area (Å²) in [7, 11) is -3.85. The van der Waals surface area contributed by atoms with Gasteiger partial charge in [-0.15, -0.1) is 0 Å². The standard InChI is InChI=1S/C12H16O4S/c1-4-12(13)10(3)16-17(14,15)11-7-5-9(2)6-8-11/h5-8,10H,4H2,1-3H3. The summed E-state index contributed by atoms with van der Waals surface area (Å²) in [5.41, 5.74) is 0.960. The summed E-state index contributed by atoms with van der Waals surface area (Å²) in [6, 6.07) is 6.30. The first kappa shape index (κ1) is 13.9. The molecular weight excluding hydrogens is 240 g/mol. The van der Waals surface area contributed by atoms with Crippen LogP contribution in [0, 0.1) is 6.92 Å². The van der Waals surface area contributed by atoms with Gasteiger partial charge < -0.3 is 0 Å². The molecule has 0 saturated carbocycles. The Morgan fingerprint density at radius 2 is 1.82 bits per heavy atom. The van der Waals surface area contributed by atoms with E-state index in [-0.39, 0.29) is 17.1 Å². The molecule has 17 heavy (non-hydrogen) atoms. The maximum atomic E-state index is 11.8. The summed E-state index contributed by atoms with van der Waals surface area (Å²) < 4.78 is 28.4. The van der Waals surface area contributed by atoms with Crippen LogP contribution in [-0.4, -0.2) is 20.3 Å². The number of carbonyl (C=O) groups excluding carboxylic acids is 1. The Hall–Kier alpha value is -1.20. The van der Waals surface area contributed by atoms with Crippen LogP contribution in [-0.2, 0) is 19.1 Å². The molecule has 1 rings (SSSR count). The number of hydrogen-bond donors (Lipinski definition) is 0. The Morgan fingerprint density at radius 1 is 1.29 bits per heavy atom. The van der Waals surface area contributed by atoms with Gasteiger partial charge in [-0.2, -0.15) is 8.42 Å². The summed E-state index contributed by atoms with van der Waals surface area (Å²) in [5, 5.41) is 0. The molecule has 0 saturated heterocycles. The van der Waals surface area contributed by atoms with Crippen LogP contribution in [0.3, 0.4) is 0 Å². The monoisotopic (exact) mass is 256 g/mol. The molecule has 1 aromatic rings. The van der Waals surface area contributed by atoms with Gasteiger partial charge in [0.25, 0.3) is 10.1 Å². The fourth-order valence-electron chi connectivity index (χ4n) is 1.29. The molecule has 94 valence electrons. The van der Waals surface area contributed by atoms with E-state index >= 15 is 0 Å². The van der Waals surface area contributed by atoms with Gasteiger partial charge in [-0.05, 0) is 26.0 Å². The van der Waals surface area contributed by atoms with Crippen LogP contribution in [0.2, 0.25) is 0 Å². The summed E-state index contributed by atoms with van der Waals surface area (Å²) in [6.07, 6.45) is -0.684. The second-order valence-corrected chi connectivity index (χ2v) is 5.40. The molecule has 1 unspecified atom stereocenters. The molecule has 4 nitrogen and oxygen atoms in total. The molecule has 0 aromatic heterocycles. The van der Waals surface area contributed by atoms with Gasteiger partial charge >= 0.3 is 0 Å². The van der Waals surface area contributed by atoms with Crippen LogP contribution in [0.25, 0.3) is 0 Å². The highest BCUT2D eigenvalue weighted by Crippen LogP contribution is 2.15. The van der Waals surface area contributed by atoms with Gasteiger partial charge in [0.05, 0.1) is 4.90 Å². The molecular formula is C12H16O4S. The molecule has 0 aliphatic heterocycles. The van der Waals surface area contributed by atoms with Gasteiger partial charge in [0, 0.05) is 6.42 Å². The van der Waals surface area contributed by atoms with Crippen molar-refractivity contribution in [1.29, 1.82) is 0 Å². The third kappa shape index (κ3) is 3.64. The van der Waals surface area contributed by atoms with E-state index in [0.717, 1.165) is 5.56 Å². The summed E-state index contributed by atoms with van der Waals surface area (Å²) in [5.74, 6) is -0.235. The first-order valence-electron chi connectivity index (χ1n) is 5.39. The molecule has 0 aliphatic carbocycles. The van der Waals surface area contributed by atoms with E-state index in [0.29, 0.717) is 0 Å². The first-order chi connectivity index (χ1) is 7.86. The third-order valence-corrected chi connectivity index (χ3v) is 3.77. The Labute approximate surface area is 102 Å². The van der Waals surface area contributed by atoms with Crippen molar-refractivity contribution in [3.05, 3.63) is 29.8 Å². The molecule has 0 N–H and O–H groups in total. The summed E-state index contributed by atoms with van der Waals surface area (Å²) >= 11 is 0. The van der Waals surface area contributed by atoms with Gasteiger partial charge in [-0.3, -0.25) is 8.98 Å². The van der Waals surface area contributed by atoms with Gasteiger partial charge in [0.15, 0.2) is 5.78 Å². The average Bonchev–Trinajstić information content (AvgIpc) is 2.27. The van der Waals surface area contributed by atoms with E-state index in [1.165, 1.54) is 19.1 Å². The van der Waals surface area contributed by atoms with Crippen LogP contribution in [0.5, 0.6) is 0 Å². The van der Waals surface area contributed by atoms with E-state index in [1.54, 1.807) is 19.1 Å². The minimum absolute atomic E-state index is 0.0684. The largest absolute Gasteiger partial charge is 0.297 e. The lowest BCUT2D eigenvalue weighted by atomic mass is 10.2. The number of rotatable bonds is 5. The van der Waals surface area contributed by atoms with Gasteiger partial charge in [-0.25, -0.2) is 0 Å². The SMILES string of the molecule is CCC(=O)C(C)OS(=O)(=O)c1ccc(C)cc1. The van der Waals surface area contributed by atoms with Crippen LogP contribution in [0.15, 0.2) is 29.2 Å². The number of benzene rings is 1. The Balaban J connectivity index is 2.89. The molecule has 0 bridgehead atoms. The lowest BCUT2D eigenvalue weighted by molar-refractivity contribution is -0.124. The van der Waals surface area contributed by atoms with Crippen molar-refractivity contribution in [2.24, 2.45) is 0 Å². The molecule has 0 aliphatic rings. The number of carbonyl (C=O) groups is 1. The predicted octanol–water partition coefficient (Wildman–Crippen LogP) is 2.07. The first-order valence-corrected chi connectivity index (χ1v) is 6.80. The number of ketones is 1. The second kappa shape index (κ2) is 5.42. The van der Waals surface area contributed by atoms with Gasteiger partial charge in [0.2, 0.25) is 0 Å². The van der Waals surface area contributed by atoms with Gasteiger partial charge in [-0.1, -0.05) is 24.6 Å². The molecule has 0 fully saturated rings. The lowest BCUT2D eigenvalue weighted by Gasteiger charge is -2.11. The van der Waals surface area contributed by atoms with Crippen molar-refractivity contribution in [3.8, 4) is 0 Å². The molecule has 5 heteroatoms. The minimum atomic E-state index is -3.85. The van der Waals surface area contributed by atoms with Crippen LogP contribution < -0.4 is 0 Å². The van der Waals surface area contributed by atoms with Crippen molar-refractivity contribution in [3.63, 3.8) is 0 Å². The quantitative estimate of drug-likeness (QED) is 0.757. The Morgan fingerprint density at radius 3 is 2.29 bits per heavy atom. The normalized spacial score (nSPS) is 13.4. The van der Waals surface area contributed by atoms with E-state index in [2.05, 4.69) is 0 Å². The number of aryl methyl sites for hydroxylation is 1. The summed E-state index contributed by atoms with van der Waals surface area (Å²) in [6.45, 7) is 4.97. The average molecular weight is 256 g/mol. The summed E-state index contributed by atoms with van der Waals surface area (Å²) in [4.78, 5) is 11.4. The number of Topliss-reactive ketones (excluding diaryl/α,β-unsaturated/α-hetero) is 1. The molecule has 0 heterocycles. The van der Waals surface area contributed by atoms with E-state index in [1.807, 2.05) is 6.92 Å². The molecule has 1 aromatic carbocycles. The Bertz CT molecular complexity index is 488. The molecule has 0 radical (unpaired) electrons. The smallest absolute Gasteiger partial charge is 0.297 e. The number of hydrogen-bond acceptors (Lipinski definition) is 4. The Kier molecular flexibility index (Phi) is 4.42. The second-order valence-electron chi connectivity index (χ2n) is 3.83. The van der Waals surface area contributed by atoms with Crippen molar-refractivity contribution in [1.82, 2.24) is 0 Å². The van der Waals surface area contributed by atoms with Crippen LogP contribution in [0.1, 0.15) is 25.8 Å². The van der Waals surface area contributed by atoms with Crippen LogP contribution >= 0.6 is 0 Å². The van der Waals surface area contributed by atoms with Crippen molar-refractivity contribution in [2.45, 2.75) is 38.2 Å². The zero-order valence-electron chi connectivity index (χ0n) is 10.1. The highest BCUT2D eigenvalue weighted by atomic mass is 32.2. The molecule has 0 spiro atoms. The fourth-order valence-corrected chi connectivity index (χ4v) is 2.36. The van der Waals surface area contributed by atoms with Crippen molar-refractivity contribution in [2.75, 3.05) is 0 Å². The third-order valence-electron chi connectivity index (χ3n) is 2.38. The highest BCUT2D eigenvalue weighted by Gasteiger charge is 2.22. The predicted molar refractivity (Wildman–Crippen MR) is 64.2 cm³/mol. The zero-order valence-corrected chi connectivity index (χ0v) is 11.0. The zero-order chi connectivity index (χ0) is 13.1. The topological polar surface area (TPSA) is 60.4 Å². The maximum Gasteiger partial charge on any atom is 0.297 e. The van der Waals surface area contributed by atoms with E-state index in [9.17, 15) is 13.2 Å². The molecule has 1 atom stereocenters. The fraction of sp³-hybridized carbons (Fsp3) is 0.417. The van der Waals surface area contributed by atoms with Crippen LogP contribution in [0.4, 0.5) is 0 Å². The highest BCUT2D eigenvalue weighted by molar-refractivity contribution is 7.86. The minimum Gasteiger partial charge on any atom is -0.297 e. The van der Waals surface area contributed by atoms with Gasteiger partial charge in [0.1, 0.15) is 6.10 Å².